The lowest BCUT2D eigenvalue weighted by molar-refractivity contribution is -0.130. The van der Waals surface area contributed by atoms with Gasteiger partial charge in [-0.25, -0.2) is 4.98 Å². The van der Waals surface area contributed by atoms with Crippen molar-refractivity contribution in [2.45, 2.75) is 44.4 Å². The number of nitrogens with zero attached hydrogens (tertiary/aromatic N) is 3. The van der Waals surface area contributed by atoms with Crippen LogP contribution in [0.3, 0.4) is 0 Å². The smallest absolute Gasteiger partial charge is 0.222 e. The number of aryl methyl sites for hydroxylation is 1. The maximum atomic E-state index is 12.4. The molecule has 1 saturated heterocycles. The molecular formula is C19H24N4O. The van der Waals surface area contributed by atoms with Crippen LogP contribution in [-0.2, 0) is 17.6 Å². The first-order chi connectivity index (χ1) is 11.8. The predicted molar refractivity (Wildman–Crippen MR) is 91.5 cm³/mol. The minimum Gasteiger partial charge on any atom is -0.342 e. The lowest BCUT2D eigenvalue weighted by Crippen LogP contribution is -2.29. The van der Waals surface area contributed by atoms with Crippen molar-refractivity contribution in [2.24, 2.45) is 5.92 Å². The van der Waals surface area contributed by atoms with Crippen LogP contribution in [0.1, 0.15) is 48.8 Å². The largest absolute Gasteiger partial charge is 0.342 e. The third kappa shape index (κ3) is 3.66. The van der Waals surface area contributed by atoms with Crippen molar-refractivity contribution in [3.05, 3.63) is 47.5 Å². The van der Waals surface area contributed by atoms with Crippen LogP contribution in [0.25, 0.3) is 0 Å². The van der Waals surface area contributed by atoms with Crippen molar-refractivity contribution >= 4 is 5.91 Å². The van der Waals surface area contributed by atoms with Crippen molar-refractivity contribution in [1.82, 2.24) is 20.1 Å². The van der Waals surface area contributed by atoms with E-state index in [0.29, 0.717) is 18.3 Å². The van der Waals surface area contributed by atoms with Gasteiger partial charge in [0.2, 0.25) is 5.91 Å². The summed E-state index contributed by atoms with van der Waals surface area (Å²) in [5, 5.41) is 7.40. The molecule has 1 saturated carbocycles. The minimum absolute atomic E-state index is 0.276. The van der Waals surface area contributed by atoms with E-state index in [1.807, 2.05) is 23.1 Å². The zero-order valence-corrected chi connectivity index (χ0v) is 13.9. The number of carbonyl (C=O) groups excluding carboxylic acids is 1. The first-order valence-corrected chi connectivity index (χ1v) is 9.01. The molecule has 2 heterocycles. The van der Waals surface area contributed by atoms with E-state index in [9.17, 15) is 4.79 Å². The van der Waals surface area contributed by atoms with Crippen molar-refractivity contribution in [1.29, 1.82) is 0 Å². The van der Waals surface area contributed by atoms with E-state index in [4.69, 9.17) is 0 Å². The van der Waals surface area contributed by atoms with Crippen LogP contribution in [0.4, 0.5) is 0 Å². The fraction of sp³-hybridized carbons (Fsp3) is 0.526. The normalized spacial score (nSPS) is 20.5. The fourth-order valence-corrected chi connectivity index (χ4v) is 3.48. The molecule has 2 aliphatic rings. The Labute approximate surface area is 142 Å². The Kier molecular flexibility index (Phi) is 4.32. The fourth-order valence-electron chi connectivity index (χ4n) is 3.48. The summed E-state index contributed by atoms with van der Waals surface area (Å²) >= 11 is 0. The molecule has 5 heteroatoms. The van der Waals surface area contributed by atoms with Crippen molar-refractivity contribution < 1.29 is 4.79 Å². The molecule has 2 fully saturated rings. The summed E-state index contributed by atoms with van der Waals surface area (Å²) in [5.74, 6) is 3.34. The Morgan fingerprint density at radius 1 is 1.21 bits per heavy atom. The van der Waals surface area contributed by atoms with E-state index in [2.05, 4.69) is 27.3 Å². The van der Waals surface area contributed by atoms with Crippen LogP contribution < -0.4 is 0 Å². The van der Waals surface area contributed by atoms with E-state index < -0.39 is 0 Å². The average Bonchev–Trinajstić information content (AvgIpc) is 3.18. The van der Waals surface area contributed by atoms with Gasteiger partial charge in [0.25, 0.3) is 0 Å². The highest BCUT2D eigenvalue weighted by atomic mass is 16.2. The summed E-state index contributed by atoms with van der Waals surface area (Å²) in [6, 6.07) is 10.2. The van der Waals surface area contributed by atoms with Crippen molar-refractivity contribution in [2.75, 3.05) is 13.1 Å². The van der Waals surface area contributed by atoms with Gasteiger partial charge in [0.1, 0.15) is 5.82 Å². The van der Waals surface area contributed by atoms with Crippen LogP contribution in [0, 0.1) is 5.92 Å². The molecule has 1 aromatic carbocycles. The number of benzene rings is 1. The zero-order valence-electron chi connectivity index (χ0n) is 13.9. The molecule has 1 unspecified atom stereocenters. The van der Waals surface area contributed by atoms with E-state index in [1.165, 1.54) is 18.4 Å². The van der Waals surface area contributed by atoms with Crippen molar-refractivity contribution in [3.8, 4) is 0 Å². The van der Waals surface area contributed by atoms with Crippen molar-refractivity contribution in [3.63, 3.8) is 0 Å². The summed E-state index contributed by atoms with van der Waals surface area (Å²) < 4.78 is 0. The van der Waals surface area contributed by atoms with Gasteiger partial charge in [-0.05, 0) is 37.2 Å². The molecule has 1 aliphatic heterocycles. The highest BCUT2D eigenvalue weighted by Gasteiger charge is 2.30. The Hall–Kier alpha value is -2.17. The van der Waals surface area contributed by atoms with Crippen LogP contribution >= 0.6 is 0 Å². The topological polar surface area (TPSA) is 61.9 Å². The number of carbonyl (C=O) groups is 1. The maximum Gasteiger partial charge on any atom is 0.222 e. The number of aromatic nitrogens is 3. The Morgan fingerprint density at radius 3 is 2.83 bits per heavy atom. The van der Waals surface area contributed by atoms with Gasteiger partial charge in [-0.2, -0.15) is 5.10 Å². The minimum atomic E-state index is 0.276. The van der Waals surface area contributed by atoms with E-state index in [1.54, 1.807) is 0 Å². The summed E-state index contributed by atoms with van der Waals surface area (Å²) in [5.41, 5.74) is 1.23. The van der Waals surface area contributed by atoms with Crippen LogP contribution in [0.15, 0.2) is 30.3 Å². The number of amides is 1. The quantitative estimate of drug-likeness (QED) is 0.888. The SMILES string of the molecule is O=C(CCc1ccccc1)N1CCC(Cc2nc(C3CC3)n[nH]2)C1. The Bertz CT molecular complexity index is 692. The van der Waals surface area contributed by atoms with Crippen LogP contribution in [-0.4, -0.2) is 39.1 Å². The van der Waals surface area contributed by atoms with Gasteiger partial charge in [-0.15, -0.1) is 0 Å². The second kappa shape index (κ2) is 6.75. The maximum absolute atomic E-state index is 12.4. The molecule has 4 rings (SSSR count). The molecule has 1 aliphatic carbocycles. The molecular weight excluding hydrogens is 300 g/mol. The van der Waals surface area contributed by atoms with Gasteiger partial charge < -0.3 is 4.90 Å². The number of rotatable bonds is 6. The summed E-state index contributed by atoms with van der Waals surface area (Å²) in [6.07, 6.45) is 5.85. The summed E-state index contributed by atoms with van der Waals surface area (Å²) in [6.45, 7) is 1.73. The Morgan fingerprint density at radius 2 is 2.04 bits per heavy atom. The molecule has 2 aromatic rings. The number of hydrogen-bond acceptors (Lipinski definition) is 3. The standard InChI is InChI=1S/C19H24N4O/c24-18(9-6-14-4-2-1-3-5-14)23-11-10-15(13-23)12-17-20-19(22-21-17)16-7-8-16/h1-5,15-16H,6-13H2,(H,20,21,22). The van der Waals surface area contributed by atoms with E-state index in [0.717, 1.165) is 44.0 Å². The highest BCUT2D eigenvalue weighted by molar-refractivity contribution is 5.76. The molecule has 0 spiro atoms. The van der Waals surface area contributed by atoms with Gasteiger partial charge in [0.05, 0.1) is 0 Å². The number of nitrogens with one attached hydrogen (secondary N) is 1. The number of hydrogen-bond donors (Lipinski definition) is 1. The molecule has 24 heavy (non-hydrogen) atoms. The summed E-state index contributed by atoms with van der Waals surface area (Å²) in [7, 11) is 0. The van der Waals surface area contributed by atoms with Gasteiger partial charge in [0.15, 0.2) is 5.82 Å². The molecule has 126 valence electrons. The zero-order chi connectivity index (χ0) is 16.4. The molecule has 5 nitrogen and oxygen atoms in total. The van der Waals surface area contributed by atoms with E-state index in [-0.39, 0.29) is 5.91 Å². The van der Waals surface area contributed by atoms with Crippen LogP contribution in [0.5, 0.6) is 0 Å². The van der Waals surface area contributed by atoms with Gasteiger partial charge in [-0.1, -0.05) is 30.3 Å². The molecule has 0 bridgehead atoms. The second-order valence-corrected chi connectivity index (χ2v) is 7.10. The van der Waals surface area contributed by atoms with E-state index >= 15 is 0 Å². The number of likely N-dealkylation sites (tertiary alicyclic amines) is 1. The third-order valence-electron chi connectivity index (χ3n) is 5.08. The monoisotopic (exact) mass is 324 g/mol. The molecule has 0 radical (unpaired) electrons. The highest BCUT2D eigenvalue weighted by Crippen LogP contribution is 2.37. The van der Waals surface area contributed by atoms with Crippen LogP contribution in [0.2, 0.25) is 0 Å². The first kappa shape index (κ1) is 15.4. The van der Waals surface area contributed by atoms with Gasteiger partial charge in [-0.3, -0.25) is 9.89 Å². The second-order valence-electron chi connectivity index (χ2n) is 7.10. The molecule has 1 amide bonds. The first-order valence-electron chi connectivity index (χ1n) is 9.01. The Balaban J connectivity index is 1.25. The van der Waals surface area contributed by atoms with Gasteiger partial charge >= 0.3 is 0 Å². The van der Waals surface area contributed by atoms with Gasteiger partial charge in [0, 0.05) is 31.8 Å². The summed E-state index contributed by atoms with van der Waals surface area (Å²) in [4.78, 5) is 19.0. The molecule has 1 atom stereocenters. The third-order valence-corrected chi connectivity index (χ3v) is 5.08. The lowest BCUT2D eigenvalue weighted by atomic mass is 10.0. The number of H-pyrrole nitrogens is 1. The predicted octanol–water partition coefficient (Wildman–Crippen LogP) is 2.71. The lowest BCUT2D eigenvalue weighted by Gasteiger charge is -2.16. The molecule has 1 aromatic heterocycles. The number of aromatic amines is 1. The molecule has 1 N–H and O–H groups in total. The average molecular weight is 324 g/mol.